The van der Waals surface area contributed by atoms with Crippen molar-refractivity contribution >= 4 is 11.8 Å². The Kier molecular flexibility index (Phi) is 5.77. The zero-order chi connectivity index (χ0) is 15.9. The smallest absolute Gasteiger partial charge is 0.379 e. The lowest BCUT2D eigenvalue weighted by atomic mass is 10.1. The highest BCUT2D eigenvalue weighted by molar-refractivity contribution is 6.40. The van der Waals surface area contributed by atoms with Crippen LogP contribution in [-0.2, 0) is 14.3 Å². The summed E-state index contributed by atoms with van der Waals surface area (Å²) >= 11 is 0. The van der Waals surface area contributed by atoms with Gasteiger partial charge >= 0.3 is 5.97 Å². The molecule has 0 aliphatic carbocycles. The third-order valence-electron chi connectivity index (χ3n) is 3.30. The first-order chi connectivity index (χ1) is 10.7. The van der Waals surface area contributed by atoms with Crippen molar-refractivity contribution in [2.45, 2.75) is 25.9 Å². The maximum absolute atomic E-state index is 12.0. The highest BCUT2D eigenvalue weighted by Gasteiger charge is 2.22. The number of methoxy groups -OCH3 is 1. The zero-order valence-electron chi connectivity index (χ0n) is 12.8. The van der Waals surface area contributed by atoms with Crippen LogP contribution in [0.1, 0.15) is 30.1 Å². The minimum Gasteiger partial charge on any atom is -0.493 e. The van der Waals surface area contributed by atoms with E-state index >= 15 is 0 Å². The first-order valence-electron chi connectivity index (χ1n) is 7.29. The third kappa shape index (κ3) is 3.98. The number of carbonyl (C=O) groups excluding carboxylic acids is 2. The summed E-state index contributed by atoms with van der Waals surface area (Å²) in [5.41, 5.74) is 0.214. The first-order valence-corrected chi connectivity index (χ1v) is 7.29. The van der Waals surface area contributed by atoms with E-state index in [1.807, 2.05) is 0 Å². The quantitative estimate of drug-likeness (QED) is 0.455. The van der Waals surface area contributed by atoms with Crippen LogP contribution in [0.5, 0.6) is 11.5 Å². The zero-order valence-corrected chi connectivity index (χ0v) is 12.8. The summed E-state index contributed by atoms with van der Waals surface area (Å²) in [5.74, 6) is -0.645. The molecular formula is C16H20O6. The Labute approximate surface area is 129 Å². The molecule has 0 amide bonds. The minimum absolute atomic E-state index is 0.0874. The van der Waals surface area contributed by atoms with Gasteiger partial charge in [0, 0.05) is 12.2 Å². The number of ether oxygens (including phenoxy) is 4. The molecule has 6 nitrogen and oxygen atoms in total. The summed E-state index contributed by atoms with van der Waals surface area (Å²) in [6.45, 7) is 3.04. The lowest BCUT2D eigenvalue weighted by Gasteiger charge is -2.24. The lowest BCUT2D eigenvalue weighted by molar-refractivity contribution is -0.137. The predicted molar refractivity (Wildman–Crippen MR) is 78.4 cm³/mol. The number of esters is 1. The van der Waals surface area contributed by atoms with Gasteiger partial charge in [-0.15, -0.1) is 0 Å². The molecule has 1 aliphatic rings. The van der Waals surface area contributed by atoms with E-state index in [2.05, 4.69) is 0 Å². The molecule has 0 bridgehead atoms. The fourth-order valence-electron chi connectivity index (χ4n) is 2.21. The van der Waals surface area contributed by atoms with Gasteiger partial charge in [-0.3, -0.25) is 4.79 Å². The number of carbonyl (C=O) groups is 2. The van der Waals surface area contributed by atoms with Crippen molar-refractivity contribution in [1.29, 1.82) is 0 Å². The number of ketones is 1. The summed E-state index contributed by atoms with van der Waals surface area (Å²) in [6, 6.07) is 4.63. The van der Waals surface area contributed by atoms with Crippen molar-refractivity contribution in [2.24, 2.45) is 0 Å². The summed E-state index contributed by atoms with van der Waals surface area (Å²) in [5, 5.41) is 0. The van der Waals surface area contributed by atoms with E-state index in [-0.39, 0.29) is 18.3 Å². The molecule has 1 atom stereocenters. The second-order valence-corrected chi connectivity index (χ2v) is 4.87. The van der Waals surface area contributed by atoms with Crippen LogP contribution in [0.15, 0.2) is 18.2 Å². The fraction of sp³-hybridized carbons (Fsp3) is 0.500. The molecule has 120 valence electrons. The second kappa shape index (κ2) is 7.79. The molecular weight excluding hydrogens is 288 g/mol. The SMILES string of the molecule is CCOC(=O)C(=O)c1ccc(OC)c(OC2CCCOC2)c1. The normalized spacial score (nSPS) is 17.6. The molecule has 1 heterocycles. The molecule has 1 saturated heterocycles. The van der Waals surface area contributed by atoms with E-state index in [1.165, 1.54) is 19.2 Å². The topological polar surface area (TPSA) is 71.1 Å². The molecule has 1 unspecified atom stereocenters. The molecule has 0 aromatic heterocycles. The molecule has 0 spiro atoms. The average molecular weight is 308 g/mol. The maximum Gasteiger partial charge on any atom is 0.379 e. The Balaban J connectivity index is 2.18. The van der Waals surface area contributed by atoms with Crippen LogP contribution in [0.2, 0.25) is 0 Å². The predicted octanol–water partition coefficient (Wildman–Crippen LogP) is 2.00. The minimum atomic E-state index is -0.875. The third-order valence-corrected chi connectivity index (χ3v) is 3.30. The largest absolute Gasteiger partial charge is 0.493 e. The van der Waals surface area contributed by atoms with Crippen molar-refractivity contribution in [3.05, 3.63) is 23.8 Å². The molecule has 1 aromatic carbocycles. The van der Waals surface area contributed by atoms with Gasteiger partial charge in [-0.1, -0.05) is 0 Å². The first kappa shape index (κ1) is 16.3. The van der Waals surface area contributed by atoms with Gasteiger partial charge in [-0.2, -0.15) is 0 Å². The van der Waals surface area contributed by atoms with Gasteiger partial charge in [-0.25, -0.2) is 4.79 Å². The van der Waals surface area contributed by atoms with Crippen LogP contribution in [0.3, 0.4) is 0 Å². The molecule has 2 rings (SSSR count). The molecule has 1 aliphatic heterocycles. The Morgan fingerprint density at radius 2 is 2.14 bits per heavy atom. The van der Waals surface area contributed by atoms with Crippen molar-refractivity contribution in [1.82, 2.24) is 0 Å². The molecule has 22 heavy (non-hydrogen) atoms. The summed E-state index contributed by atoms with van der Waals surface area (Å²) in [4.78, 5) is 23.5. The van der Waals surface area contributed by atoms with Gasteiger partial charge in [0.1, 0.15) is 6.10 Å². The maximum atomic E-state index is 12.0. The van der Waals surface area contributed by atoms with E-state index in [0.717, 1.165) is 19.4 Å². The van der Waals surface area contributed by atoms with Crippen LogP contribution in [0, 0.1) is 0 Å². The molecule has 0 saturated carbocycles. The highest BCUT2D eigenvalue weighted by Crippen LogP contribution is 2.30. The van der Waals surface area contributed by atoms with Gasteiger partial charge in [0.05, 0.1) is 20.3 Å². The molecule has 1 aromatic rings. The molecule has 1 fully saturated rings. The van der Waals surface area contributed by atoms with Gasteiger partial charge in [0.15, 0.2) is 11.5 Å². The van der Waals surface area contributed by atoms with Gasteiger partial charge in [0.25, 0.3) is 5.78 Å². The summed E-state index contributed by atoms with van der Waals surface area (Å²) < 4.78 is 21.2. The van der Waals surface area contributed by atoms with Gasteiger partial charge in [-0.05, 0) is 38.0 Å². The van der Waals surface area contributed by atoms with Crippen molar-refractivity contribution in [3.63, 3.8) is 0 Å². The molecule has 6 heteroatoms. The van der Waals surface area contributed by atoms with E-state index in [9.17, 15) is 9.59 Å². The van der Waals surface area contributed by atoms with E-state index in [0.29, 0.717) is 18.1 Å². The Morgan fingerprint density at radius 3 is 2.77 bits per heavy atom. The van der Waals surface area contributed by atoms with E-state index < -0.39 is 11.8 Å². The van der Waals surface area contributed by atoms with Crippen LogP contribution in [0.25, 0.3) is 0 Å². The van der Waals surface area contributed by atoms with Crippen LogP contribution in [0.4, 0.5) is 0 Å². The van der Waals surface area contributed by atoms with Crippen molar-refractivity contribution in [3.8, 4) is 11.5 Å². The number of rotatable bonds is 6. The Morgan fingerprint density at radius 1 is 1.32 bits per heavy atom. The van der Waals surface area contributed by atoms with Crippen LogP contribution < -0.4 is 9.47 Å². The summed E-state index contributed by atoms with van der Waals surface area (Å²) in [6.07, 6.45) is 1.71. The highest BCUT2D eigenvalue weighted by atomic mass is 16.6. The van der Waals surface area contributed by atoms with E-state index in [1.54, 1.807) is 13.0 Å². The van der Waals surface area contributed by atoms with Gasteiger partial charge in [0.2, 0.25) is 0 Å². The Hall–Kier alpha value is -2.08. The summed E-state index contributed by atoms with van der Waals surface area (Å²) in [7, 11) is 1.52. The Bertz CT molecular complexity index is 533. The number of benzene rings is 1. The molecule has 0 radical (unpaired) electrons. The number of hydrogen-bond donors (Lipinski definition) is 0. The lowest BCUT2D eigenvalue weighted by Crippen LogP contribution is -2.28. The average Bonchev–Trinajstić information content (AvgIpc) is 2.55. The van der Waals surface area contributed by atoms with E-state index in [4.69, 9.17) is 18.9 Å². The second-order valence-electron chi connectivity index (χ2n) is 4.87. The fourth-order valence-corrected chi connectivity index (χ4v) is 2.21. The number of Topliss-reactive ketones (excluding diaryl/α,β-unsaturated/α-hetero) is 1. The van der Waals surface area contributed by atoms with Crippen molar-refractivity contribution < 1.29 is 28.5 Å². The standard InChI is InChI=1S/C16H20O6/c1-3-21-16(18)15(17)11-6-7-13(19-2)14(9-11)22-12-5-4-8-20-10-12/h6-7,9,12H,3-5,8,10H2,1-2H3. The van der Waals surface area contributed by atoms with Gasteiger partial charge < -0.3 is 18.9 Å². The monoisotopic (exact) mass is 308 g/mol. The van der Waals surface area contributed by atoms with Crippen molar-refractivity contribution in [2.75, 3.05) is 26.9 Å². The van der Waals surface area contributed by atoms with Crippen LogP contribution >= 0.6 is 0 Å². The number of hydrogen-bond acceptors (Lipinski definition) is 6. The molecule has 0 N–H and O–H groups in total. The van der Waals surface area contributed by atoms with Crippen LogP contribution in [-0.4, -0.2) is 44.8 Å².